The molecule has 0 bridgehead atoms. The van der Waals surface area contributed by atoms with Crippen LogP contribution in [0.25, 0.3) is 16.7 Å². The van der Waals surface area contributed by atoms with Crippen molar-refractivity contribution in [2.24, 2.45) is 5.73 Å². The van der Waals surface area contributed by atoms with E-state index in [0.717, 1.165) is 45.8 Å². The third-order valence-corrected chi connectivity index (χ3v) is 4.71. The van der Waals surface area contributed by atoms with E-state index in [0.29, 0.717) is 13.2 Å². The van der Waals surface area contributed by atoms with Crippen LogP contribution in [-0.4, -0.2) is 21.4 Å². The summed E-state index contributed by atoms with van der Waals surface area (Å²) in [4.78, 5) is 8.36. The minimum Gasteiger partial charge on any atom is -0.489 e. The topological polar surface area (TPSA) is 104 Å². The molecule has 3 N–H and O–H groups in total. The quantitative estimate of drug-likeness (QED) is 0.464. The lowest BCUT2D eigenvalue weighted by Crippen LogP contribution is -2.04. The van der Waals surface area contributed by atoms with Gasteiger partial charge in [0.2, 0.25) is 0 Å². The molecule has 156 valence electrons. The molecule has 0 saturated heterocycles. The van der Waals surface area contributed by atoms with Gasteiger partial charge in [0, 0.05) is 17.6 Å². The number of rotatable bonds is 6. The number of aromatic nitrogens is 2. The maximum absolute atomic E-state index is 8.36. The number of fused-ring (bicyclic) bond motifs is 1. The molecule has 0 amide bonds. The average molecular weight is 407 g/mol. The van der Waals surface area contributed by atoms with Gasteiger partial charge in [-0.2, -0.15) is 5.10 Å². The summed E-state index contributed by atoms with van der Waals surface area (Å²) in [6.07, 6.45) is 2.64. The van der Waals surface area contributed by atoms with Crippen molar-refractivity contribution < 1.29 is 19.1 Å². The third kappa shape index (κ3) is 4.52. The lowest BCUT2D eigenvalue weighted by Gasteiger charge is -2.12. The summed E-state index contributed by atoms with van der Waals surface area (Å²) in [6, 6.07) is 16.3. The molecule has 7 nitrogen and oxygen atoms in total. The molecule has 0 aliphatic carbocycles. The Hall–Kier alpha value is -3.58. The van der Waals surface area contributed by atoms with Gasteiger partial charge in [0.05, 0.1) is 12.0 Å². The lowest BCUT2D eigenvalue weighted by atomic mass is 10.1. The van der Waals surface area contributed by atoms with Gasteiger partial charge in [0.15, 0.2) is 5.58 Å². The van der Waals surface area contributed by atoms with E-state index >= 15 is 0 Å². The number of carbonyl (C=O) groups is 1. The predicted molar refractivity (Wildman–Crippen MR) is 115 cm³/mol. The first kappa shape index (κ1) is 21.1. The van der Waals surface area contributed by atoms with E-state index in [-0.39, 0.29) is 6.47 Å². The second-order valence-corrected chi connectivity index (χ2v) is 6.70. The van der Waals surface area contributed by atoms with Crippen LogP contribution in [0.1, 0.15) is 29.4 Å². The fraction of sp³-hybridized carbons (Fsp3) is 0.217. The van der Waals surface area contributed by atoms with Gasteiger partial charge < -0.3 is 20.0 Å². The van der Waals surface area contributed by atoms with Gasteiger partial charge >= 0.3 is 0 Å². The summed E-state index contributed by atoms with van der Waals surface area (Å²) in [5, 5.41) is 12.5. The zero-order chi connectivity index (χ0) is 21.5. The second kappa shape index (κ2) is 9.76. The minimum atomic E-state index is -0.250. The van der Waals surface area contributed by atoms with Crippen molar-refractivity contribution in [3.8, 4) is 11.4 Å². The molecule has 2 aromatic heterocycles. The number of hydrogen-bond acceptors (Lipinski definition) is 5. The first-order chi connectivity index (χ1) is 14.6. The third-order valence-electron chi connectivity index (χ3n) is 4.71. The highest BCUT2D eigenvalue weighted by molar-refractivity contribution is 5.86. The highest BCUT2D eigenvalue weighted by atomic mass is 16.5. The van der Waals surface area contributed by atoms with Crippen molar-refractivity contribution in [2.75, 3.05) is 0 Å². The predicted octanol–water partition coefficient (Wildman–Crippen LogP) is 4.23. The smallest absolute Gasteiger partial charge is 0.290 e. The number of ether oxygens (including phenoxy) is 1. The van der Waals surface area contributed by atoms with Gasteiger partial charge in [-0.3, -0.25) is 4.79 Å². The molecule has 30 heavy (non-hydrogen) atoms. The molecule has 4 rings (SSSR count). The van der Waals surface area contributed by atoms with Crippen molar-refractivity contribution in [3.05, 3.63) is 77.3 Å². The maximum Gasteiger partial charge on any atom is 0.290 e. The Balaban J connectivity index is 0.000000806. The molecule has 2 heterocycles. The fourth-order valence-electron chi connectivity index (χ4n) is 3.34. The highest BCUT2D eigenvalue weighted by Gasteiger charge is 2.14. The molecule has 0 aliphatic heterocycles. The van der Waals surface area contributed by atoms with Crippen LogP contribution in [0.4, 0.5) is 0 Å². The number of carboxylic acid groups (broad SMARTS) is 1. The summed E-state index contributed by atoms with van der Waals surface area (Å²) in [5.41, 5.74) is 11.6. The molecule has 0 radical (unpaired) electrons. The number of nitrogens with zero attached hydrogens (tertiary/aromatic N) is 2. The van der Waals surface area contributed by atoms with Crippen LogP contribution in [0.3, 0.4) is 0 Å². The van der Waals surface area contributed by atoms with E-state index in [1.807, 2.05) is 41.9 Å². The summed E-state index contributed by atoms with van der Waals surface area (Å²) < 4.78 is 13.7. The fourth-order valence-corrected chi connectivity index (χ4v) is 3.34. The molecule has 0 aliphatic rings. The average Bonchev–Trinajstić information content (AvgIpc) is 3.38. The van der Waals surface area contributed by atoms with Gasteiger partial charge in [-0.25, -0.2) is 4.68 Å². The highest BCUT2D eigenvalue weighted by Crippen LogP contribution is 2.28. The Morgan fingerprint density at radius 3 is 2.70 bits per heavy atom. The molecular formula is C23H25N3O4. The molecule has 0 fully saturated rings. The van der Waals surface area contributed by atoms with Crippen LogP contribution in [0, 0.1) is 6.92 Å². The number of hydrogen-bond donors (Lipinski definition) is 2. The van der Waals surface area contributed by atoms with Crippen LogP contribution >= 0.6 is 0 Å². The Morgan fingerprint density at radius 1 is 1.23 bits per heavy atom. The van der Waals surface area contributed by atoms with Crippen LogP contribution in [-0.2, 0) is 24.4 Å². The Kier molecular flexibility index (Phi) is 6.87. The molecular weight excluding hydrogens is 382 g/mol. The first-order valence-corrected chi connectivity index (χ1v) is 9.65. The van der Waals surface area contributed by atoms with E-state index in [1.165, 1.54) is 5.56 Å². The zero-order valence-corrected chi connectivity index (χ0v) is 17.0. The number of para-hydroxylation sites is 1. The summed E-state index contributed by atoms with van der Waals surface area (Å²) in [6.45, 7) is 4.79. The number of benzene rings is 2. The molecule has 0 unspecified atom stereocenters. The SMILES string of the molecule is CCc1ccccc1OCc1cc(-n2nc(CN)cc2C)c2occc2c1.O=CO. The lowest BCUT2D eigenvalue weighted by molar-refractivity contribution is -0.122. The molecule has 0 atom stereocenters. The standard InChI is InChI=1S/C22H23N3O2.CH2O2/c1-3-17-6-4-5-7-21(17)27-14-16-11-18-8-9-26-22(18)20(12-16)25-15(2)10-19(13-23)24-25;2-1-3/h4-12H,3,13-14,23H2,1-2H3;1H,(H,2,3). The molecule has 7 heteroatoms. The van der Waals surface area contributed by atoms with Crippen molar-refractivity contribution in [1.82, 2.24) is 9.78 Å². The number of furan rings is 1. The monoisotopic (exact) mass is 407 g/mol. The summed E-state index contributed by atoms with van der Waals surface area (Å²) in [5.74, 6) is 0.925. The number of nitrogens with two attached hydrogens (primary N) is 1. The Bertz CT molecular complexity index is 1130. The van der Waals surface area contributed by atoms with E-state index in [2.05, 4.69) is 30.2 Å². The van der Waals surface area contributed by atoms with Crippen LogP contribution < -0.4 is 10.5 Å². The van der Waals surface area contributed by atoms with E-state index in [1.54, 1.807) is 6.26 Å². The molecule has 0 spiro atoms. The Labute approximate surface area is 174 Å². The first-order valence-electron chi connectivity index (χ1n) is 9.65. The Morgan fingerprint density at radius 2 is 2.00 bits per heavy atom. The van der Waals surface area contributed by atoms with Gasteiger partial charge in [-0.05, 0) is 54.8 Å². The summed E-state index contributed by atoms with van der Waals surface area (Å²) in [7, 11) is 0. The second-order valence-electron chi connectivity index (χ2n) is 6.70. The minimum absolute atomic E-state index is 0.250. The van der Waals surface area contributed by atoms with Crippen LogP contribution in [0.15, 0.2) is 59.2 Å². The van der Waals surface area contributed by atoms with E-state index < -0.39 is 0 Å². The normalized spacial score (nSPS) is 10.5. The largest absolute Gasteiger partial charge is 0.489 e. The van der Waals surface area contributed by atoms with Gasteiger partial charge in [0.25, 0.3) is 6.47 Å². The van der Waals surface area contributed by atoms with Crippen LogP contribution in [0.5, 0.6) is 5.75 Å². The molecule has 2 aromatic carbocycles. The molecule has 4 aromatic rings. The van der Waals surface area contributed by atoms with Crippen molar-refractivity contribution in [3.63, 3.8) is 0 Å². The maximum atomic E-state index is 8.36. The van der Waals surface area contributed by atoms with Gasteiger partial charge in [0.1, 0.15) is 18.0 Å². The molecule has 0 saturated carbocycles. The van der Waals surface area contributed by atoms with E-state index in [9.17, 15) is 0 Å². The van der Waals surface area contributed by atoms with Gasteiger partial charge in [-0.15, -0.1) is 0 Å². The summed E-state index contributed by atoms with van der Waals surface area (Å²) >= 11 is 0. The van der Waals surface area contributed by atoms with Crippen molar-refractivity contribution >= 4 is 17.4 Å². The van der Waals surface area contributed by atoms with Crippen molar-refractivity contribution in [2.45, 2.75) is 33.4 Å². The number of aryl methyl sites for hydroxylation is 2. The van der Waals surface area contributed by atoms with Crippen LogP contribution in [0.2, 0.25) is 0 Å². The van der Waals surface area contributed by atoms with Crippen molar-refractivity contribution in [1.29, 1.82) is 0 Å². The van der Waals surface area contributed by atoms with E-state index in [4.69, 9.17) is 24.8 Å². The van der Waals surface area contributed by atoms with Gasteiger partial charge in [-0.1, -0.05) is 25.1 Å². The zero-order valence-electron chi connectivity index (χ0n) is 17.0.